The predicted molar refractivity (Wildman–Crippen MR) is 193 cm³/mol. The van der Waals surface area contributed by atoms with Crippen LogP contribution in [-0.2, 0) is 36.8 Å². The van der Waals surface area contributed by atoms with E-state index in [9.17, 15) is 31.2 Å². The Hall–Kier alpha value is -4.10. The van der Waals surface area contributed by atoms with Crippen molar-refractivity contribution in [3.8, 4) is 22.9 Å². The molecule has 4 saturated heterocycles. The second-order valence-corrected chi connectivity index (χ2v) is 17.1. The summed E-state index contributed by atoms with van der Waals surface area (Å²) in [4.78, 5) is 39.8. The highest BCUT2D eigenvalue weighted by Gasteiger charge is 2.58. The summed E-state index contributed by atoms with van der Waals surface area (Å²) in [5.74, 6) is -1.84. The van der Waals surface area contributed by atoms with Gasteiger partial charge in [-0.15, -0.1) is 0 Å². The molecular weight excluding hydrogens is 758 g/mol. The van der Waals surface area contributed by atoms with E-state index in [0.29, 0.717) is 71.3 Å². The van der Waals surface area contributed by atoms with E-state index in [0.717, 1.165) is 49.4 Å². The SMILES string of the molecule is O=C1N(Cc2nc(-c3ccc(Oc4ccccc4S(=O)(=O)CC4CCCO4)c(C(F)(F)F)c3)no2)C(=O)C2(CCN(C3CCC3)CC2)N1CCN1CCOCC1. The van der Waals surface area contributed by atoms with Crippen LogP contribution in [0.25, 0.3) is 11.4 Å². The van der Waals surface area contributed by atoms with Crippen molar-refractivity contribution in [3.05, 3.63) is 53.9 Å². The van der Waals surface area contributed by atoms with E-state index >= 15 is 0 Å². The maximum absolute atomic E-state index is 14.5. The van der Waals surface area contributed by atoms with Gasteiger partial charge in [0.25, 0.3) is 5.91 Å². The molecule has 3 amide bonds. The van der Waals surface area contributed by atoms with Gasteiger partial charge >= 0.3 is 12.2 Å². The molecule has 0 N–H and O–H groups in total. The van der Waals surface area contributed by atoms with Gasteiger partial charge in [0.05, 0.1) is 30.6 Å². The van der Waals surface area contributed by atoms with Crippen molar-refractivity contribution < 1.29 is 49.9 Å². The first kappa shape index (κ1) is 38.8. The van der Waals surface area contributed by atoms with Gasteiger partial charge in [-0.2, -0.15) is 18.2 Å². The molecule has 0 bridgehead atoms. The molecule has 5 fully saturated rings. The van der Waals surface area contributed by atoms with Crippen LogP contribution in [0, 0.1) is 0 Å². The van der Waals surface area contributed by atoms with E-state index < -0.39 is 45.0 Å². The number of benzene rings is 2. The number of sulfone groups is 1. The molecule has 4 aliphatic heterocycles. The zero-order valence-electron chi connectivity index (χ0n) is 30.9. The van der Waals surface area contributed by atoms with Crippen molar-refractivity contribution in [1.82, 2.24) is 29.7 Å². The monoisotopic (exact) mass is 802 g/mol. The van der Waals surface area contributed by atoms with E-state index in [1.807, 2.05) is 0 Å². The first-order chi connectivity index (χ1) is 26.9. The number of amides is 3. The Balaban J connectivity index is 1.01. The van der Waals surface area contributed by atoms with Gasteiger partial charge in [-0.25, -0.2) is 13.2 Å². The van der Waals surface area contributed by atoms with Gasteiger partial charge in [-0.1, -0.05) is 23.7 Å². The first-order valence-electron chi connectivity index (χ1n) is 19.2. The van der Waals surface area contributed by atoms with Gasteiger partial charge in [0.15, 0.2) is 9.84 Å². The molecule has 1 unspecified atom stereocenters. The molecule has 18 heteroatoms. The predicted octanol–water partition coefficient (Wildman–Crippen LogP) is 4.98. The molecule has 56 heavy (non-hydrogen) atoms. The summed E-state index contributed by atoms with van der Waals surface area (Å²) >= 11 is 0. The largest absolute Gasteiger partial charge is 0.455 e. The minimum absolute atomic E-state index is 0.0648. The normalized spacial score (nSPS) is 22.7. The number of hydrogen-bond donors (Lipinski definition) is 0. The zero-order chi connectivity index (χ0) is 39.1. The van der Waals surface area contributed by atoms with Crippen LogP contribution in [0.4, 0.5) is 18.0 Å². The lowest BCUT2D eigenvalue weighted by Gasteiger charge is -2.47. The smallest absolute Gasteiger partial charge is 0.420 e. The number of ether oxygens (including phenoxy) is 3. The summed E-state index contributed by atoms with van der Waals surface area (Å²) in [5.41, 5.74) is -2.26. The molecule has 3 aromatic rings. The maximum Gasteiger partial charge on any atom is 0.420 e. The van der Waals surface area contributed by atoms with Crippen molar-refractivity contribution in [2.75, 3.05) is 64.8 Å². The number of piperidine rings is 1. The maximum atomic E-state index is 14.5. The zero-order valence-corrected chi connectivity index (χ0v) is 31.7. The number of carbonyl (C=O) groups is 2. The van der Waals surface area contributed by atoms with Crippen LogP contribution >= 0.6 is 0 Å². The van der Waals surface area contributed by atoms with E-state index in [-0.39, 0.29) is 46.1 Å². The minimum atomic E-state index is -4.91. The molecule has 1 spiro atoms. The van der Waals surface area contributed by atoms with Gasteiger partial charge in [0, 0.05) is 57.5 Å². The number of urea groups is 1. The van der Waals surface area contributed by atoms with Gasteiger partial charge in [0.1, 0.15) is 28.5 Å². The summed E-state index contributed by atoms with van der Waals surface area (Å²) in [5, 5.41) is 3.90. The number of imide groups is 1. The molecule has 1 aromatic heterocycles. The molecular formula is C38H45F3N6O8S. The standard InChI is InChI=1S/C38H45F3N6O8S/c39-38(40,41)29-23-26(10-11-30(29)54-31-8-1-2-9-32(31)56(50,51)25-28-7-4-20-53-28)34-42-33(55-43-34)24-46-35(48)37(12-14-45(15-13-37)27-5-3-6-27)47(36(46)49)17-16-44-18-21-52-22-19-44/h1-2,8-11,23,27-28H,3-7,12-22,24-25H2. The van der Waals surface area contributed by atoms with Gasteiger partial charge in [-0.3, -0.25) is 14.6 Å². The third-order valence-electron chi connectivity index (χ3n) is 11.7. The number of halogens is 3. The Bertz CT molecular complexity index is 2020. The molecule has 1 aliphatic carbocycles. The van der Waals surface area contributed by atoms with Gasteiger partial charge < -0.3 is 28.5 Å². The second-order valence-electron chi connectivity index (χ2n) is 15.1. The molecule has 8 rings (SSSR count). The molecule has 1 saturated carbocycles. The van der Waals surface area contributed by atoms with Crippen LogP contribution in [0.1, 0.15) is 56.4 Å². The Morgan fingerprint density at radius 2 is 1.68 bits per heavy atom. The fourth-order valence-electron chi connectivity index (χ4n) is 8.36. The molecule has 2 aromatic carbocycles. The van der Waals surface area contributed by atoms with Gasteiger partial charge in [0.2, 0.25) is 11.7 Å². The number of rotatable bonds is 12. The molecule has 5 heterocycles. The number of para-hydroxylation sites is 1. The molecule has 14 nitrogen and oxygen atoms in total. The number of carbonyl (C=O) groups excluding carboxylic acids is 2. The van der Waals surface area contributed by atoms with Crippen LogP contribution < -0.4 is 4.74 Å². The van der Waals surface area contributed by atoms with Crippen LogP contribution in [0.5, 0.6) is 11.5 Å². The number of morpholine rings is 1. The molecule has 5 aliphatic rings. The third-order valence-corrected chi connectivity index (χ3v) is 13.5. The van der Waals surface area contributed by atoms with Gasteiger partial charge in [-0.05, 0) is 68.9 Å². The number of aromatic nitrogens is 2. The van der Waals surface area contributed by atoms with Crippen LogP contribution in [0.3, 0.4) is 0 Å². The van der Waals surface area contributed by atoms with Crippen molar-refractivity contribution in [2.24, 2.45) is 0 Å². The Labute approximate surface area is 322 Å². The third kappa shape index (κ3) is 7.77. The summed E-state index contributed by atoms with van der Waals surface area (Å²) in [6.45, 7) is 5.16. The summed E-state index contributed by atoms with van der Waals surface area (Å²) in [6.07, 6.45) is 0.360. The Morgan fingerprint density at radius 1 is 0.911 bits per heavy atom. The summed E-state index contributed by atoms with van der Waals surface area (Å²) in [6, 6.07) is 8.75. The minimum Gasteiger partial charge on any atom is -0.455 e. The summed E-state index contributed by atoms with van der Waals surface area (Å²) < 4.78 is 92.2. The highest BCUT2D eigenvalue weighted by atomic mass is 32.2. The Kier molecular flexibility index (Phi) is 10.9. The quantitative estimate of drug-likeness (QED) is 0.228. The number of nitrogens with zero attached hydrogens (tertiary/aromatic N) is 6. The fraction of sp³-hybridized carbons (Fsp3) is 0.579. The average Bonchev–Trinajstić information content (AvgIpc) is 3.89. The lowest BCUT2D eigenvalue weighted by molar-refractivity contribution is -0.138. The van der Waals surface area contributed by atoms with E-state index in [1.54, 1.807) is 4.90 Å². The number of likely N-dealkylation sites (tertiary alicyclic amines) is 1. The molecule has 302 valence electrons. The van der Waals surface area contributed by atoms with E-state index in [4.69, 9.17) is 18.7 Å². The number of alkyl halides is 3. The number of hydrogen-bond acceptors (Lipinski definition) is 12. The van der Waals surface area contributed by atoms with Crippen molar-refractivity contribution in [1.29, 1.82) is 0 Å². The lowest BCUT2D eigenvalue weighted by Crippen LogP contribution is -2.59. The van der Waals surface area contributed by atoms with E-state index in [2.05, 4.69) is 19.9 Å². The van der Waals surface area contributed by atoms with Crippen LogP contribution in [0.15, 0.2) is 51.9 Å². The second kappa shape index (κ2) is 15.7. The molecule has 1 atom stereocenters. The summed E-state index contributed by atoms with van der Waals surface area (Å²) in [7, 11) is -3.96. The van der Waals surface area contributed by atoms with E-state index in [1.165, 1.54) is 36.8 Å². The van der Waals surface area contributed by atoms with Crippen molar-refractivity contribution in [2.45, 2.75) is 80.2 Å². The van der Waals surface area contributed by atoms with Crippen molar-refractivity contribution in [3.63, 3.8) is 0 Å². The Morgan fingerprint density at radius 3 is 2.38 bits per heavy atom. The molecule has 0 radical (unpaired) electrons. The fourth-order valence-corrected chi connectivity index (χ4v) is 10.00. The topological polar surface area (TPSA) is 148 Å². The highest BCUT2D eigenvalue weighted by molar-refractivity contribution is 7.91. The first-order valence-corrected chi connectivity index (χ1v) is 20.9. The lowest BCUT2D eigenvalue weighted by atomic mass is 9.82. The van der Waals surface area contributed by atoms with Crippen molar-refractivity contribution >= 4 is 21.8 Å². The highest BCUT2D eigenvalue weighted by Crippen LogP contribution is 2.43. The van der Waals surface area contributed by atoms with Crippen LogP contribution in [0.2, 0.25) is 0 Å². The average molecular weight is 803 g/mol. The van der Waals surface area contributed by atoms with Crippen LogP contribution in [-0.4, -0.2) is 133 Å².